The quantitative estimate of drug-likeness (QED) is 0.618. The lowest BCUT2D eigenvalue weighted by Crippen LogP contribution is -2.36. The fraction of sp³-hybridized carbons (Fsp3) is 0.278. The molecule has 1 amide bonds. The first-order valence-electron chi connectivity index (χ1n) is 8.59. The van der Waals surface area contributed by atoms with Gasteiger partial charge >= 0.3 is 5.97 Å². The summed E-state index contributed by atoms with van der Waals surface area (Å²) in [6.07, 6.45) is 5.96. The molecule has 2 aliphatic rings. The number of carbonyl (C=O) groups is 2. The smallest absolute Gasteiger partial charge is 0.307 e. The number of sulfonamides is 1. The van der Waals surface area contributed by atoms with E-state index in [1.165, 1.54) is 41.8 Å². The molecule has 0 radical (unpaired) electrons. The van der Waals surface area contributed by atoms with Crippen LogP contribution in [0.15, 0.2) is 52.9 Å². The number of carbonyl (C=O) groups excluding carboxylic acids is 1. The van der Waals surface area contributed by atoms with E-state index in [2.05, 4.69) is 15.0 Å². The van der Waals surface area contributed by atoms with E-state index < -0.39 is 27.8 Å². The molecular weight excluding hydrogens is 402 g/mol. The minimum absolute atomic E-state index is 0.0342. The molecule has 1 fully saturated rings. The zero-order valence-corrected chi connectivity index (χ0v) is 16.1. The van der Waals surface area contributed by atoms with E-state index in [1.54, 1.807) is 5.38 Å². The summed E-state index contributed by atoms with van der Waals surface area (Å²) < 4.78 is 27.1. The number of aromatic nitrogens is 1. The van der Waals surface area contributed by atoms with Gasteiger partial charge in [0.15, 0.2) is 5.13 Å². The Morgan fingerprint density at radius 1 is 1.11 bits per heavy atom. The molecular formula is C18H17N3O5S2. The molecule has 8 nitrogen and oxygen atoms in total. The number of hydrogen-bond donors (Lipinski definition) is 3. The largest absolute Gasteiger partial charge is 0.481 e. The van der Waals surface area contributed by atoms with Crippen LogP contribution in [-0.4, -0.2) is 30.4 Å². The highest BCUT2D eigenvalue weighted by atomic mass is 32.2. The van der Waals surface area contributed by atoms with E-state index in [0.717, 1.165) is 0 Å². The molecule has 0 spiro atoms. The summed E-state index contributed by atoms with van der Waals surface area (Å²) in [5.74, 6) is -2.86. The van der Waals surface area contributed by atoms with Crippen LogP contribution in [0.3, 0.4) is 0 Å². The van der Waals surface area contributed by atoms with E-state index in [4.69, 9.17) is 0 Å². The molecule has 146 valence electrons. The van der Waals surface area contributed by atoms with Crippen molar-refractivity contribution < 1.29 is 23.1 Å². The van der Waals surface area contributed by atoms with E-state index in [1.807, 2.05) is 12.2 Å². The number of anilines is 2. The van der Waals surface area contributed by atoms with Gasteiger partial charge in [0.05, 0.1) is 16.7 Å². The number of aliphatic carboxylic acids is 1. The molecule has 2 aliphatic carbocycles. The van der Waals surface area contributed by atoms with Crippen molar-refractivity contribution >= 4 is 44.1 Å². The van der Waals surface area contributed by atoms with Gasteiger partial charge in [-0.3, -0.25) is 14.3 Å². The molecule has 1 aromatic carbocycles. The van der Waals surface area contributed by atoms with E-state index in [0.29, 0.717) is 12.1 Å². The lowest BCUT2D eigenvalue weighted by atomic mass is 9.82. The predicted molar refractivity (Wildman–Crippen MR) is 103 cm³/mol. The molecule has 0 unspecified atom stereocenters. The number of carboxylic acid groups (broad SMARTS) is 1. The van der Waals surface area contributed by atoms with Crippen LogP contribution in [0.4, 0.5) is 10.8 Å². The monoisotopic (exact) mass is 419 g/mol. The number of thiazole rings is 1. The highest BCUT2D eigenvalue weighted by Crippen LogP contribution is 2.48. The van der Waals surface area contributed by atoms with Gasteiger partial charge in [0.2, 0.25) is 5.91 Å². The zero-order valence-electron chi connectivity index (χ0n) is 14.5. The fourth-order valence-corrected chi connectivity index (χ4v) is 5.70. The lowest BCUT2D eigenvalue weighted by molar-refractivity contribution is -0.146. The van der Waals surface area contributed by atoms with Gasteiger partial charge in [-0.15, -0.1) is 11.3 Å². The second kappa shape index (κ2) is 7.02. The third-order valence-corrected chi connectivity index (χ3v) is 7.31. The van der Waals surface area contributed by atoms with Gasteiger partial charge in [0, 0.05) is 17.3 Å². The van der Waals surface area contributed by atoms with Gasteiger partial charge in [-0.25, -0.2) is 13.4 Å². The summed E-state index contributed by atoms with van der Waals surface area (Å²) in [5, 5.41) is 14.1. The minimum atomic E-state index is -3.77. The number of amides is 1. The number of allylic oxidation sites excluding steroid dienone is 2. The Morgan fingerprint density at radius 2 is 1.79 bits per heavy atom. The summed E-state index contributed by atoms with van der Waals surface area (Å²) in [6.45, 7) is 0. The highest BCUT2D eigenvalue weighted by molar-refractivity contribution is 7.93. The molecule has 4 atom stereocenters. The van der Waals surface area contributed by atoms with Gasteiger partial charge in [-0.1, -0.05) is 12.2 Å². The van der Waals surface area contributed by atoms with Crippen LogP contribution in [0.2, 0.25) is 0 Å². The van der Waals surface area contributed by atoms with Crippen molar-refractivity contribution in [3.05, 3.63) is 48.0 Å². The molecule has 1 heterocycles. The topological polar surface area (TPSA) is 125 Å². The molecule has 1 aromatic heterocycles. The average molecular weight is 419 g/mol. The van der Waals surface area contributed by atoms with Crippen molar-refractivity contribution in [1.29, 1.82) is 0 Å². The molecule has 2 bridgehead atoms. The van der Waals surface area contributed by atoms with Crippen LogP contribution in [0.25, 0.3) is 0 Å². The number of carboxylic acids is 1. The molecule has 3 N–H and O–H groups in total. The van der Waals surface area contributed by atoms with Gasteiger partial charge in [-0.05, 0) is 42.5 Å². The summed E-state index contributed by atoms with van der Waals surface area (Å²) in [4.78, 5) is 28.1. The average Bonchev–Trinajstić information content (AvgIpc) is 3.38. The van der Waals surface area contributed by atoms with Crippen molar-refractivity contribution in [1.82, 2.24) is 4.98 Å². The zero-order chi connectivity index (χ0) is 19.9. The standard InChI is InChI=1S/C18H17N3O5S2/c22-16(14-10-1-2-11(9-10)15(14)17(23)24)20-12-3-5-13(6-4-12)28(25,26)21-18-19-7-8-27-18/h1-8,10-11,14-15H,9H2,(H,19,21)(H,20,22)(H,23,24)/t10-,11+,14+,15+/m1/s1. The van der Waals surface area contributed by atoms with Crippen molar-refractivity contribution in [2.75, 3.05) is 10.0 Å². The number of fused-ring (bicyclic) bond motifs is 2. The van der Waals surface area contributed by atoms with Crippen LogP contribution in [0.1, 0.15) is 6.42 Å². The van der Waals surface area contributed by atoms with Crippen LogP contribution < -0.4 is 10.0 Å². The number of benzene rings is 1. The first kappa shape index (κ1) is 18.6. The van der Waals surface area contributed by atoms with Gasteiger partial charge < -0.3 is 10.4 Å². The number of hydrogen-bond acceptors (Lipinski definition) is 6. The van der Waals surface area contributed by atoms with Crippen LogP contribution in [0, 0.1) is 23.7 Å². The minimum Gasteiger partial charge on any atom is -0.481 e. The first-order chi connectivity index (χ1) is 13.3. The summed E-state index contributed by atoms with van der Waals surface area (Å²) in [5.41, 5.74) is 0.411. The normalized spacial score (nSPS) is 25.6. The number of nitrogens with zero attached hydrogens (tertiary/aromatic N) is 1. The molecule has 0 saturated heterocycles. The molecule has 10 heteroatoms. The van der Waals surface area contributed by atoms with Crippen LogP contribution in [-0.2, 0) is 19.6 Å². The van der Waals surface area contributed by atoms with Crippen molar-refractivity contribution in [3.8, 4) is 0 Å². The Labute approximate surface area is 165 Å². The Bertz CT molecular complexity index is 1030. The lowest BCUT2D eigenvalue weighted by Gasteiger charge is -2.23. The van der Waals surface area contributed by atoms with E-state index in [-0.39, 0.29) is 27.8 Å². The van der Waals surface area contributed by atoms with Crippen molar-refractivity contribution in [3.63, 3.8) is 0 Å². The Morgan fingerprint density at radius 3 is 2.39 bits per heavy atom. The van der Waals surface area contributed by atoms with Crippen LogP contribution in [0.5, 0.6) is 0 Å². The number of rotatable bonds is 6. The maximum atomic E-state index is 12.7. The Balaban J connectivity index is 1.47. The first-order valence-corrected chi connectivity index (χ1v) is 11.0. The SMILES string of the molecule is O=C(Nc1ccc(S(=O)(=O)Nc2nccs2)cc1)[C@@H]1[C@@H](C(=O)O)[C@H]2C=C[C@@H]1C2. The second-order valence-corrected chi connectivity index (χ2v) is 9.37. The molecule has 4 rings (SSSR count). The van der Waals surface area contributed by atoms with Crippen molar-refractivity contribution in [2.45, 2.75) is 11.3 Å². The fourth-order valence-electron chi connectivity index (χ4n) is 3.91. The molecule has 0 aliphatic heterocycles. The number of nitrogens with one attached hydrogen (secondary N) is 2. The summed E-state index contributed by atoms with van der Waals surface area (Å²) >= 11 is 1.17. The van der Waals surface area contributed by atoms with Gasteiger partial charge in [0.25, 0.3) is 10.0 Å². The van der Waals surface area contributed by atoms with E-state index in [9.17, 15) is 23.1 Å². The van der Waals surface area contributed by atoms with E-state index >= 15 is 0 Å². The maximum Gasteiger partial charge on any atom is 0.307 e. The third-order valence-electron chi connectivity index (χ3n) is 5.13. The predicted octanol–water partition coefficient (Wildman–Crippen LogP) is 2.41. The van der Waals surface area contributed by atoms with Crippen LogP contribution >= 0.6 is 11.3 Å². The Kier molecular flexibility index (Phi) is 4.68. The molecule has 28 heavy (non-hydrogen) atoms. The molecule has 1 saturated carbocycles. The second-order valence-electron chi connectivity index (χ2n) is 6.79. The van der Waals surface area contributed by atoms with Gasteiger partial charge in [0.1, 0.15) is 0 Å². The van der Waals surface area contributed by atoms with Gasteiger partial charge in [-0.2, -0.15) is 0 Å². The highest BCUT2D eigenvalue weighted by Gasteiger charge is 2.51. The molecule has 2 aromatic rings. The third kappa shape index (κ3) is 3.40. The maximum absolute atomic E-state index is 12.7. The Hall–Kier alpha value is -2.72. The summed E-state index contributed by atoms with van der Waals surface area (Å²) in [6, 6.07) is 5.71. The van der Waals surface area contributed by atoms with Crippen molar-refractivity contribution in [2.24, 2.45) is 23.7 Å². The summed E-state index contributed by atoms with van der Waals surface area (Å²) in [7, 11) is -3.77.